The lowest BCUT2D eigenvalue weighted by molar-refractivity contribution is -0.184. The maximum atomic E-state index is 12.7. The number of hydrogen-bond donors (Lipinski definition) is 0. The number of esters is 1. The molecule has 3 aliphatic carbocycles. The fourth-order valence-corrected chi connectivity index (χ4v) is 6.43. The van der Waals surface area contributed by atoms with Crippen molar-refractivity contribution < 1.29 is 9.53 Å². The summed E-state index contributed by atoms with van der Waals surface area (Å²) in [4.78, 5) is 12.7. The van der Waals surface area contributed by atoms with E-state index in [0.29, 0.717) is 16.7 Å². The molecule has 3 rings (SSSR count). The first-order valence-electron chi connectivity index (χ1n) is 9.23. The molecule has 2 bridgehead atoms. The summed E-state index contributed by atoms with van der Waals surface area (Å²) in [5, 5.41) is 0. The zero-order valence-electron chi connectivity index (χ0n) is 15.6. The van der Waals surface area contributed by atoms with Crippen molar-refractivity contribution in [2.45, 2.75) is 86.2 Å². The zero-order valence-corrected chi connectivity index (χ0v) is 15.6. The van der Waals surface area contributed by atoms with Gasteiger partial charge in [-0.1, -0.05) is 27.7 Å². The molecule has 0 aromatic carbocycles. The molecule has 0 radical (unpaired) electrons. The minimum Gasteiger partial charge on any atom is -0.459 e. The second kappa shape index (κ2) is 4.51. The molecule has 5 atom stereocenters. The Labute approximate surface area is 136 Å². The van der Waals surface area contributed by atoms with E-state index in [0.717, 1.165) is 24.7 Å². The normalized spacial score (nSPS) is 45.9. The lowest BCUT2D eigenvalue weighted by atomic mass is 9.59. The molecule has 22 heavy (non-hydrogen) atoms. The molecule has 3 fully saturated rings. The molecular weight excluding hydrogens is 272 g/mol. The smallest absolute Gasteiger partial charge is 0.312 e. The number of fused-ring (bicyclic) bond motifs is 1. The Morgan fingerprint density at radius 3 is 2.41 bits per heavy atom. The maximum absolute atomic E-state index is 12.7. The largest absolute Gasteiger partial charge is 0.459 e. The highest BCUT2D eigenvalue weighted by Crippen LogP contribution is 2.76. The highest BCUT2D eigenvalue weighted by molar-refractivity contribution is 5.76. The number of carbonyl (C=O) groups is 1. The van der Waals surface area contributed by atoms with Crippen LogP contribution >= 0.6 is 0 Å². The van der Waals surface area contributed by atoms with Gasteiger partial charge < -0.3 is 4.74 Å². The van der Waals surface area contributed by atoms with Crippen LogP contribution in [-0.4, -0.2) is 11.6 Å². The highest BCUT2D eigenvalue weighted by atomic mass is 16.6. The third-order valence-corrected chi connectivity index (χ3v) is 8.12. The summed E-state index contributed by atoms with van der Waals surface area (Å²) in [5.41, 5.74) is 0.101. The summed E-state index contributed by atoms with van der Waals surface area (Å²) in [5.74, 6) is 2.12. The van der Waals surface area contributed by atoms with Gasteiger partial charge in [0.25, 0.3) is 0 Å². The van der Waals surface area contributed by atoms with E-state index in [1.165, 1.54) is 19.3 Å². The predicted octanol–water partition coefficient (Wildman–Crippen LogP) is 5.21. The first-order chi connectivity index (χ1) is 9.99. The van der Waals surface area contributed by atoms with Crippen LogP contribution < -0.4 is 0 Å². The van der Waals surface area contributed by atoms with Crippen LogP contribution in [0.3, 0.4) is 0 Å². The number of hydrogen-bond acceptors (Lipinski definition) is 2. The summed E-state index contributed by atoms with van der Waals surface area (Å²) >= 11 is 0. The van der Waals surface area contributed by atoms with Crippen molar-refractivity contribution in [3.63, 3.8) is 0 Å². The average Bonchev–Trinajstić information content (AvgIpc) is 2.96. The Kier molecular flexibility index (Phi) is 3.35. The van der Waals surface area contributed by atoms with Gasteiger partial charge in [0, 0.05) is 5.92 Å². The van der Waals surface area contributed by atoms with E-state index in [9.17, 15) is 4.79 Å². The molecule has 0 aliphatic heterocycles. The van der Waals surface area contributed by atoms with Gasteiger partial charge in [-0.15, -0.1) is 0 Å². The maximum Gasteiger partial charge on any atom is 0.312 e. The van der Waals surface area contributed by atoms with Crippen molar-refractivity contribution in [2.75, 3.05) is 0 Å². The quantitative estimate of drug-likeness (QED) is 0.669. The molecule has 126 valence electrons. The third-order valence-electron chi connectivity index (χ3n) is 8.12. The van der Waals surface area contributed by atoms with Crippen LogP contribution in [0.15, 0.2) is 0 Å². The van der Waals surface area contributed by atoms with Crippen molar-refractivity contribution in [1.29, 1.82) is 0 Å². The summed E-state index contributed by atoms with van der Waals surface area (Å²) < 4.78 is 6.24. The molecular formula is C20H34O2. The number of carbonyl (C=O) groups excluding carboxylic acids is 1. The second-order valence-corrected chi connectivity index (χ2v) is 9.96. The molecule has 0 N–H and O–H groups in total. The Balaban J connectivity index is 1.90. The van der Waals surface area contributed by atoms with Crippen molar-refractivity contribution in [3.05, 3.63) is 0 Å². The van der Waals surface area contributed by atoms with Crippen molar-refractivity contribution in [3.8, 4) is 0 Å². The van der Waals surface area contributed by atoms with Gasteiger partial charge in [-0.25, -0.2) is 0 Å². The minimum atomic E-state index is -0.368. The third kappa shape index (κ3) is 1.88. The van der Waals surface area contributed by atoms with E-state index in [-0.39, 0.29) is 17.0 Å². The van der Waals surface area contributed by atoms with Gasteiger partial charge in [0.2, 0.25) is 0 Å². The summed E-state index contributed by atoms with van der Waals surface area (Å²) in [7, 11) is 0. The molecule has 0 heterocycles. The van der Waals surface area contributed by atoms with E-state index in [4.69, 9.17) is 4.74 Å². The second-order valence-electron chi connectivity index (χ2n) is 9.96. The molecule has 3 saturated carbocycles. The van der Waals surface area contributed by atoms with Gasteiger partial charge >= 0.3 is 5.97 Å². The molecule has 0 aromatic rings. The molecule has 0 saturated heterocycles. The van der Waals surface area contributed by atoms with Crippen molar-refractivity contribution >= 4 is 5.97 Å². The predicted molar refractivity (Wildman–Crippen MR) is 89.4 cm³/mol. The molecule has 2 nitrogen and oxygen atoms in total. The van der Waals surface area contributed by atoms with Gasteiger partial charge in [0.05, 0.1) is 5.41 Å². The van der Waals surface area contributed by atoms with Gasteiger partial charge in [0.15, 0.2) is 0 Å². The van der Waals surface area contributed by atoms with Crippen LogP contribution in [0, 0.1) is 34.0 Å². The monoisotopic (exact) mass is 306 g/mol. The molecule has 3 aliphatic rings. The van der Waals surface area contributed by atoms with Gasteiger partial charge in [-0.3, -0.25) is 4.79 Å². The van der Waals surface area contributed by atoms with Gasteiger partial charge in [-0.2, -0.15) is 0 Å². The lowest BCUT2D eigenvalue weighted by Gasteiger charge is -2.50. The van der Waals surface area contributed by atoms with Crippen LogP contribution in [0.25, 0.3) is 0 Å². The summed E-state index contributed by atoms with van der Waals surface area (Å²) in [6.07, 6.45) is 5.91. The van der Waals surface area contributed by atoms with Crippen LogP contribution in [0.5, 0.6) is 0 Å². The Morgan fingerprint density at radius 1 is 1.18 bits per heavy atom. The fourth-order valence-electron chi connectivity index (χ4n) is 6.43. The Morgan fingerprint density at radius 2 is 1.82 bits per heavy atom. The van der Waals surface area contributed by atoms with Crippen LogP contribution in [-0.2, 0) is 9.53 Å². The minimum absolute atomic E-state index is 0.000509. The standard InChI is InChI=1S/C20H34O2/c1-8-17(3,4)16(21)22-19(7)12-20-11-15(19)18(5,6)14(20)10-9-13(20)2/h13-15H,8-12H2,1-7H3. The fraction of sp³-hybridized carbons (Fsp3) is 0.950. The number of ether oxygens (including phenoxy) is 1. The molecule has 0 amide bonds. The molecule has 1 spiro atoms. The first kappa shape index (κ1) is 16.3. The average molecular weight is 306 g/mol. The molecule has 2 heteroatoms. The van der Waals surface area contributed by atoms with Crippen LogP contribution in [0.1, 0.15) is 80.6 Å². The van der Waals surface area contributed by atoms with E-state index in [2.05, 4.69) is 34.6 Å². The molecule has 0 aromatic heterocycles. The van der Waals surface area contributed by atoms with Crippen LogP contribution in [0.2, 0.25) is 0 Å². The topological polar surface area (TPSA) is 26.3 Å². The Hall–Kier alpha value is -0.530. The van der Waals surface area contributed by atoms with Crippen molar-refractivity contribution in [1.82, 2.24) is 0 Å². The Bertz CT molecular complexity index is 492. The SMILES string of the molecule is CCC(C)(C)C(=O)OC1(C)CC23CC1C(C)(C)C2CCC3C. The first-order valence-corrected chi connectivity index (χ1v) is 9.23. The number of rotatable bonds is 3. The van der Waals surface area contributed by atoms with Gasteiger partial charge in [0.1, 0.15) is 5.60 Å². The summed E-state index contributed by atoms with van der Waals surface area (Å²) in [6.45, 7) is 15.6. The van der Waals surface area contributed by atoms with E-state index in [1.807, 2.05) is 13.8 Å². The highest BCUT2D eigenvalue weighted by Gasteiger charge is 2.73. The van der Waals surface area contributed by atoms with Crippen LogP contribution in [0.4, 0.5) is 0 Å². The van der Waals surface area contributed by atoms with Gasteiger partial charge in [-0.05, 0) is 75.5 Å². The molecule has 5 unspecified atom stereocenters. The van der Waals surface area contributed by atoms with Crippen molar-refractivity contribution in [2.24, 2.45) is 34.0 Å². The zero-order chi connectivity index (χ0) is 16.6. The van der Waals surface area contributed by atoms with E-state index < -0.39 is 0 Å². The lowest BCUT2D eigenvalue weighted by Crippen LogP contribution is -2.51. The summed E-state index contributed by atoms with van der Waals surface area (Å²) in [6, 6.07) is 0. The van der Waals surface area contributed by atoms with E-state index >= 15 is 0 Å². The van der Waals surface area contributed by atoms with E-state index in [1.54, 1.807) is 0 Å².